The molecule has 0 radical (unpaired) electrons. The van der Waals surface area contributed by atoms with Gasteiger partial charge in [0.1, 0.15) is 17.2 Å². The topological polar surface area (TPSA) is 55.4 Å². The van der Waals surface area contributed by atoms with Gasteiger partial charge in [0.2, 0.25) is 0 Å². The lowest BCUT2D eigenvalue weighted by molar-refractivity contribution is 0.0222. The Morgan fingerprint density at radius 1 is 0.253 bits per heavy atom. The van der Waals surface area contributed by atoms with Crippen LogP contribution < -0.4 is 14.2 Å². The lowest BCUT2D eigenvalue weighted by Gasteiger charge is -2.05. The summed E-state index contributed by atoms with van der Waals surface area (Å²) in [4.78, 5) is 0. The van der Waals surface area contributed by atoms with Crippen molar-refractivity contribution in [1.82, 2.24) is 0 Å². The number of benzene rings is 6. The monoisotopic (exact) mass is 1010 g/mol. The lowest BCUT2D eigenvalue weighted by atomic mass is 10.0. The van der Waals surface area contributed by atoms with Crippen molar-refractivity contribution in [2.24, 2.45) is 0 Å². The van der Waals surface area contributed by atoms with Crippen molar-refractivity contribution in [2.45, 2.75) is 138 Å². The van der Waals surface area contributed by atoms with Crippen LogP contribution in [0.3, 0.4) is 0 Å². The van der Waals surface area contributed by atoms with Crippen LogP contribution in [0.2, 0.25) is 0 Å². The zero-order valence-electron chi connectivity index (χ0n) is 46.2. The van der Waals surface area contributed by atoms with Gasteiger partial charge >= 0.3 is 0 Å². The summed E-state index contributed by atoms with van der Waals surface area (Å²) in [5, 5.41) is 0. The van der Waals surface area contributed by atoms with Crippen LogP contribution in [0.1, 0.15) is 169 Å². The van der Waals surface area contributed by atoms with Gasteiger partial charge in [-0.15, -0.1) is 0 Å². The molecule has 6 aromatic carbocycles. The van der Waals surface area contributed by atoms with Gasteiger partial charge in [-0.1, -0.05) is 150 Å². The second-order valence-electron chi connectivity index (χ2n) is 18.1. The fraction of sp³-hybridized carbons (Fsp3) is 0.391. The molecule has 0 bridgehead atoms. The summed E-state index contributed by atoms with van der Waals surface area (Å²) in [6.45, 7) is 15.4. The summed E-state index contributed by atoms with van der Waals surface area (Å²) in [7, 11) is 0. The molecule has 75 heavy (non-hydrogen) atoms. The molecule has 0 aliphatic rings. The second-order valence-corrected chi connectivity index (χ2v) is 18.1. The van der Waals surface area contributed by atoms with Gasteiger partial charge in [-0.25, -0.2) is 0 Å². The number of unbranched alkanes of at least 4 members (excludes halogenated alkanes) is 9. The van der Waals surface area contributed by atoms with E-state index in [9.17, 15) is 0 Å². The van der Waals surface area contributed by atoms with Crippen molar-refractivity contribution >= 4 is 0 Å². The molecule has 0 unspecified atom stereocenters. The molecular weight excluding hydrogens is 925 g/mol. The standard InChI is InChI=1S/C24H30O2.C23H28O2.C22H26O2/c1-3-5-6-7-8-9-21-10-12-22(13-11-21)14-15-23-16-18-24(19-17-23)26-20-25-4-2;1-3-5-6-7-8-20-9-11-21(12-10-20)13-14-22-15-17-23(18-16-22)25-19-24-4-2;1-3-5-6-7-19-8-10-20(11-9-19)12-13-21-14-16-22(17-15-21)24-18-23-4-2/h10-13,16-19H,3-9,20H2,1-2H3;9-12,15-18H,3-8,19H2,1-2H3;8-11,14-17H,3-7,18H2,1-2H3. The van der Waals surface area contributed by atoms with E-state index in [1.165, 1.54) is 100 Å². The molecule has 0 aliphatic carbocycles. The van der Waals surface area contributed by atoms with Crippen LogP contribution in [0.15, 0.2) is 146 Å². The van der Waals surface area contributed by atoms with Gasteiger partial charge in [-0.2, -0.15) is 0 Å². The highest BCUT2D eigenvalue weighted by Crippen LogP contribution is 2.16. The zero-order valence-corrected chi connectivity index (χ0v) is 46.2. The number of rotatable bonds is 27. The largest absolute Gasteiger partial charge is 0.468 e. The van der Waals surface area contributed by atoms with Crippen LogP contribution in [0.25, 0.3) is 0 Å². The Bertz CT molecular complexity index is 2510. The first-order valence-corrected chi connectivity index (χ1v) is 27.7. The molecule has 0 amide bonds. The molecule has 0 saturated heterocycles. The summed E-state index contributed by atoms with van der Waals surface area (Å²) in [5.41, 5.74) is 10.3. The third-order valence-electron chi connectivity index (χ3n) is 12.0. The molecule has 6 rings (SSSR count). The number of hydrogen-bond donors (Lipinski definition) is 0. The van der Waals surface area contributed by atoms with E-state index in [0.29, 0.717) is 19.8 Å². The Balaban J connectivity index is 0.000000244. The highest BCUT2D eigenvalue weighted by Gasteiger charge is 2.00. The summed E-state index contributed by atoms with van der Waals surface area (Å²) in [5.74, 6) is 21.6. The molecular formula is C69H84O6. The number of hydrogen-bond acceptors (Lipinski definition) is 6. The van der Waals surface area contributed by atoms with Crippen molar-refractivity contribution in [3.63, 3.8) is 0 Å². The Morgan fingerprint density at radius 3 is 0.720 bits per heavy atom. The molecule has 0 saturated carbocycles. The second kappa shape index (κ2) is 39.7. The third kappa shape index (κ3) is 28.0. The van der Waals surface area contributed by atoms with E-state index in [2.05, 4.69) is 129 Å². The molecule has 0 N–H and O–H groups in total. The van der Waals surface area contributed by atoms with Gasteiger partial charge in [0.15, 0.2) is 20.4 Å². The SMILES string of the molecule is CCCCCCCc1ccc(C#Cc2ccc(OCOCC)cc2)cc1.CCCCCCc1ccc(C#Cc2ccc(OCOCC)cc2)cc1.CCCCCc1ccc(C#Cc2ccc(OCOCC)cc2)cc1. The van der Waals surface area contributed by atoms with E-state index in [-0.39, 0.29) is 20.4 Å². The lowest BCUT2D eigenvalue weighted by Crippen LogP contribution is -2.01. The molecule has 6 aromatic rings. The van der Waals surface area contributed by atoms with Gasteiger partial charge in [-0.3, -0.25) is 0 Å². The fourth-order valence-electron chi connectivity index (χ4n) is 7.45. The quantitative estimate of drug-likeness (QED) is 0.0291. The molecule has 6 nitrogen and oxygen atoms in total. The Hall–Kier alpha value is -6.72. The van der Waals surface area contributed by atoms with Crippen molar-refractivity contribution in [3.05, 3.63) is 196 Å². The van der Waals surface area contributed by atoms with Crippen LogP contribution in [-0.2, 0) is 33.5 Å². The predicted octanol–water partition coefficient (Wildman–Crippen LogP) is 16.7. The Kier molecular flexibility index (Phi) is 32.2. The molecule has 0 atom stereocenters. The first kappa shape index (κ1) is 60.8. The average Bonchev–Trinajstić information content (AvgIpc) is 3.45. The minimum absolute atomic E-state index is 0.284. The Morgan fingerprint density at radius 2 is 0.467 bits per heavy atom. The Labute approximate surface area is 452 Å². The van der Waals surface area contributed by atoms with E-state index in [0.717, 1.165) is 63.5 Å². The molecule has 396 valence electrons. The molecule has 0 fully saturated rings. The van der Waals surface area contributed by atoms with E-state index >= 15 is 0 Å². The van der Waals surface area contributed by atoms with E-state index in [4.69, 9.17) is 28.4 Å². The predicted molar refractivity (Wildman–Crippen MR) is 311 cm³/mol. The summed E-state index contributed by atoms with van der Waals surface area (Å²) >= 11 is 0. The minimum atomic E-state index is 0.284. The normalized spacial score (nSPS) is 10.2. The molecule has 0 heterocycles. The maximum absolute atomic E-state index is 5.46. The van der Waals surface area contributed by atoms with E-state index in [1.54, 1.807) is 0 Å². The summed E-state index contributed by atoms with van der Waals surface area (Å²) in [6, 6.07) is 49.2. The number of ether oxygens (including phenoxy) is 6. The summed E-state index contributed by atoms with van der Waals surface area (Å²) in [6.07, 6.45) is 19.2. The average molecular weight is 1010 g/mol. The highest BCUT2D eigenvalue weighted by atomic mass is 16.7. The van der Waals surface area contributed by atoms with Gasteiger partial charge in [-0.05, 0) is 185 Å². The fourth-order valence-corrected chi connectivity index (χ4v) is 7.45. The van der Waals surface area contributed by atoms with Crippen molar-refractivity contribution in [1.29, 1.82) is 0 Å². The van der Waals surface area contributed by atoms with E-state index in [1.807, 2.05) is 93.6 Å². The molecule has 6 heteroatoms. The van der Waals surface area contributed by atoms with E-state index < -0.39 is 0 Å². The first-order chi connectivity index (χ1) is 36.9. The van der Waals surface area contributed by atoms with Crippen molar-refractivity contribution < 1.29 is 28.4 Å². The minimum Gasteiger partial charge on any atom is -0.468 e. The van der Waals surface area contributed by atoms with Crippen LogP contribution in [0.4, 0.5) is 0 Å². The highest BCUT2D eigenvalue weighted by molar-refractivity contribution is 5.47. The summed E-state index contributed by atoms with van der Waals surface area (Å²) < 4.78 is 31.9. The molecule has 0 aliphatic heterocycles. The van der Waals surface area contributed by atoms with Crippen molar-refractivity contribution in [2.75, 3.05) is 40.2 Å². The smallest absolute Gasteiger partial charge is 0.189 e. The third-order valence-corrected chi connectivity index (χ3v) is 12.0. The van der Waals surface area contributed by atoms with Gasteiger partial charge in [0, 0.05) is 53.2 Å². The van der Waals surface area contributed by atoms with Crippen LogP contribution in [0, 0.1) is 35.5 Å². The van der Waals surface area contributed by atoms with Gasteiger partial charge in [0.25, 0.3) is 0 Å². The molecule has 0 aromatic heterocycles. The maximum atomic E-state index is 5.46. The van der Waals surface area contributed by atoms with Crippen molar-refractivity contribution in [3.8, 4) is 52.8 Å². The molecule has 0 spiro atoms. The first-order valence-electron chi connectivity index (χ1n) is 27.7. The number of aryl methyl sites for hydroxylation is 3. The maximum Gasteiger partial charge on any atom is 0.189 e. The van der Waals surface area contributed by atoms with Crippen LogP contribution in [-0.4, -0.2) is 40.2 Å². The van der Waals surface area contributed by atoms with Gasteiger partial charge < -0.3 is 28.4 Å². The van der Waals surface area contributed by atoms with Crippen LogP contribution in [0.5, 0.6) is 17.2 Å². The van der Waals surface area contributed by atoms with Gasteiger partial charge in [0.05, 0.1) is 0 Å². The zero-order chi connectivity index (χ0) is 53.2. The van der Waals surface area contributed by atoms with Crippen LogP contribution >= 0.6 is 0 Å².